The highest BCUT2D eigenvalue weighted by Crippen LogP contribution is 2.26. The van der Waals surface area contributed by atoms with E-state index in [0.29, 0.717) is 35.8 Å². The molecule has 0 radical (unpaired) electrons. The van der Waals surface area contributed by atoms with Crippen molar-refractivity contribution in [3.05, 3.63) is 54.1 Å². The molecule has 2 aromatic rings. The third kappa shape index (κ3) is 5.30. The number of rotatable bonds is 8. The predicted octanol–water partition coefficient (Wildman–Crippen LogP) is 1.88. The lowest BCUT2D eigenvalue weighted by atomic mass is 10.2. The van der Waals surface area contributed by atoms with Crippen molar-refractivity contribution in [3.8, 4) is 11.5 Å². The highest BCUT2D eigenvalue weighted by Gasteiger charge is 2.13. The quantitative estimate of drug-likeness (QED) is 0.676. The molecule has 2 rings (SSSR count). The lowest BCUT2D eigenvalue weighted by molar-refractivity contribution is -0.117. The Morgan fingerprint density at radius 1 is 1.12 bits per heavy atom. The molecule has 0 heterocycles. The van der Waals surface area contributed by atoms with Crippen LogP contribution in [0.15, 0.2) is 48.5 Å². The molecule has 132 valence electrons. The van der Waals surface area contributed by atoms with Crippen LogP contribution in [0.4, 0.5) is 5.69 Å². The van der Waals surface area contributed by atoms with Crippen molar-refractivity contribution in [2.45, 2.75) is 12.5 Å². The van der Waals surface area contributed by atoms with Crippen molar-refractivity contribution in [2.75, 3.05) is 19.0 Å². The van der Waals surface area contributed by atoms with E-state index < -0.39 is 11.9 Å². The minimum absolute atomic E-state index is 0.287. The Balaban J connectivity index is 2.01. The number of hydrogen-bond donors (Lipinski definition) is 3. The molecule has 1 atom stereocenters. The van der Waals surface area contributed by atoms with E-state index >= 15 is 0 Å². The Morgan fingerprint density at radius 3 is 2.44 bits per heavy atom. The van der Waals surface area contributed by atoms with E-state index in [1.165, 1.54) is 0 Å². The van der Waals surface area contributed by atoms with Gasteiger partial charge in [0.05, 0.1) is 11.6 Å². The number of carbonyl (C=O) groups excluding carboxylic acids is 2. The van der Waals surface area contributed by atoms with Crippen molar-refractivity contribution in [3.63, 3.8) is 0 Å². The molecule has 0 spiro atoms. The van der Waals surface area contributed by atoms with Crippen LogP contribution in [0.2, 0.25) is 0 Å². The first-order valence-corrected chi connectivity index (χ1v) is 7.73. The second-order valence-corrected chi connectivity index (χ2v) is 5.36. The Hall–Kier alpha value is -2.90. The van der Waals surface area contributed by atoms with Gasteiger partial charge in [0.1, 0.15) is 11.5 Å². The summed E-state index contributed by atoms with van der Waals surface area (Å²) in [7, 11) is 1.56. The van der Waals surface area contributed by atoms with E-state index in [1.807, 2.05) is 0 Å². The van der Waals surface area contributed by atoms with Gasteiger partial charge >= 0.3 is 0 Å². The number of carbonyl (C=O) groups is 2. The molecule has 0 aliphatic carbocycles. The van der Waals surface area contributed by atoms with Crippen molar-refractivity contribution < 1.29 is 19.1 Å². The van der Waals surface area contributed by atoms with E-state index in [1.54, 1.807) is 55.6 Å². The number of anilines is 1. The highest BCUT2D eigenvalue weighted by atomic mass is 16.5. The molecule has 7 nitrogen and oxygen atoms in total. The molecule has 7 heteroatoms. The van der Waals surface area contributed by atoms with Crippen LogP contribution < -0.4 is 21.5 Å². The zero-order chi connectivity index (χ0) is 18.2. The summed E-state index contributed by atoms with van der Waals surface area (Å²) >= 11 is 0. The van der Waals surface area contributed by atoms with Crippen LogP contribution in [0.3, 0.4) is 0 Å². The van der Waals surface area contributed by atoms with Gasteiger partial charge in [-0.2, -0.15) is 0 Å². The molecule has 0 aromatic heterocycles. The largest absolute Gasteiger partial charge is 0.457 e. The number of nitrogens with one attached hydrogen (secondary N) is 1. The van der Waals surface area contributed by atoms with Crippen molar-refractivity contribution >= 4 is 17.5 Å². The molecule has 2 aromatic carbocycles. The van der Waals surface area contributed by atoms with E-state index in [-0.39, 0.29) is 5.91 Å². The van der Waals surface area contributed by atoms with Gasteiger partial charge in [0.15, 0.2) is 0 Å². The molecule has 1 unspecified atom stereocenters. The van der Waals surface area contributed by atoms with Crippen LogP contribution in [0.1, 0.15) is 16.8 Å². The first kappa shape index (κ1) is 18.4. The minimum Gasteiger partial charge on any atom is -0.457 e. The summed E-state index contributed by atoms with van der Waals surface area (Å²) in [5, 5.41) is 2.72. The number of nitrogens with two attached hydrogens (primary N) is 2. The summed E-state index contributed by atoms with van der Waals surface area (Å²) in [6.45, 7) is 0.417. The smallest absolute Gasteiger partial charge is 0.252 e. The molecule has 0 aliphatic rings. The van der Waals surface area contributed by atoms with Gasteiger partial charge < -0.3 is 26.3 Å². The Kier molecular flexibility index (Phi) is 6.50. The normalized spacial score (nSPS) is 11.6. The number of benzene rings is 2. The first-order valence-electron chi connectivity index (χ1n) is 7.73. The van der Waals surface area contributed by atoms with Crippen molar-refractivity contribution in [1.29, 1.82) is 0 Å². The van der Waals surface area contributed by atoms with Gasteiger partial charge in [-0.1, -0.05) is 12.1 Å². The van der Waals surface area contributed by atoms with E-state index in [0.717, 1.165) is 0 Å². The zero-order valence-electron chi connectivity index (χ0n) is 13.9. The van der Waals surface area contributed by atoms with Gasteiger partial charge in [0, 0.05) is 19.4 Å². The van der Waals surface area contributed by atoms with Crippen LogP contribution in [0.25, 0.3) is 0 Å². The van der Waals surface area contributed by atoms with Gasteiger partial charge in [0.25, 0.3) is 5.91 Å². The zero-order valence-corrected chi connectivity index (χ0v) is 13.9. The summed E-state index contributed by atoms with van der Waals surface area (Å²) in [6, 6.07) is 12.8. The fourth-order valence-corrected chi connectivity index (χ4v) is 2.10. The Morgan fingerprint density at radius 2 is 1.80 bits per heavy atom. The molecule has 0 saturated carbocycles. The molecule has 0 bridgehead atoms. The maximum absolute atomic E-state index is 11.9. The van der Waals surface area contributed by atoms with E-state index in [4.69, 9.17) is 20.9 Å². The molecule has 25 heavy (non-hydrogen) atoms. The second kappa shape index (κ2) is 8.81. The number of methoxy groups -OCH3 is 1. The Labute approximate surface area is 145 Å². The van der Waals surface area contributed by atoms with Crippen molar-refractivity contribution in [2.24, 2.45) is 11.5 Å². The standard InChI is InChI=1S/C18H21N3O4/c1-24-11-10-15(19)18(23)21-12-6-8-13(9-7-12)25-16-5-3-2-4-14(16)17(20)22/h2-9,15H,10-11,19H2,1H3,(H2,20,22)(H,21,23). The molecular weight excluding hydrogens is 322 g/mol. The second-order valence-electron chi connectivity index (χ2n) is 5.36. The van der Waals surface area contributed by atoms with Gasteiger partial charge in [0.2, 0.25) is 5.91 Å². The highest BCUT2D eigenvalue weighted by molar-refractivity contribution is 5.96. The van der Waals surface area contributed by atoms with Gasteiger partial charge in [-0.25, -0.2) is 0 Å². The minimum atomic E-state index is -0.640. The topological polar surface area (TPSA) is 117 Å². The molecule has 0 fully saturated rings. The van der Waals surface area contributed by atoms with Crippen molar-refractivity contribution in [1.82, 2.24) is 0 Å². The fourth-order valence-electron chi connectivity index (χ4n) is 2.10. The third-order valence-electron chi connectivity index (χ3n) is 3.47. The van der Waals surface area contributed by atoms with E-state index in [2.05, 4.69) is 5.32 Å². The number of para-hydroxylation sites is 1. The van der Waals surface area contributed by atoms with E-state index in [9.17, 15) is 9.59 Å². The number of primary amides is 1. The average Bonchev–Trinajstić information content (AvgIpc) is 2.61. The van der Waals surface area contributed by atoms with Crippen LogP contribution in [0.5, 0.6) is 11.5 Å². The maximum atomic E-state index is 11.9. The maximum Gasteiger partial charge on any atom is 0.252 e. The SMILES string of the molecule is COCCC(N)C(=O)Nc1ccc(Oc2ccccc2C(N)=O)cc1. The fraction of sp³-hybridized carbons (Fsp3) is 0.222. The third-order valence-corrected chi connectivity index (χ3v) is 3.47. The summed E-state index contributed by atoms with van der Waals surface area (Å²) < 4.78 is 10.6. The molecule has 5 N–H and O–H groups in total. The summed E-state index contributed by atoms with van der Waals surface area (Å²) in [5.74, 6) is 0.0260. The number of ether oxygens (including phenoxy) is 2. The lowest BCUT2D eigenvalue weighted by Gasteiger charge is -2.13. The monoisotopic (exact) mass is 343 g/mol. The van der Waals surface area contributed by atoms with Crippen LogP contribution in [-0.2, 0) is 9.53 Å². The Bertz CT molecular complexity index is 731. The number of hydrogen-bond acceptors (Lipinski definition) is 5. The molecule has 0 saturated heterocycles. The summed E-state index contributed by atoms with van der Waals surface area (Å²) in [5.41, 5.74) is 12.0. The lowest BCUT2D eigenvalue weighted by Crippen LogP contribution is -2.36. The average molecular weight is 343 g/mol. The molecule has 0 aliphatic heterocycles. The van der Waals surface area contributed by atoms with Crippen LogP contribution >= 0.6 is 0 Å². The summed E-state index contributed by atoms with van der Waals surface area (Å²) in [6.07, 6.45) is 0.438. The van der Waals surface area contributed by atoms with Crippen LogP contribution in [0, 0.1) is 0 Å². The molecule has 2 amide bonds. The van der Waals surface area contributed by atoms with Gasteiger partial charge in [-0.05, 0) is 42.8 Å². The summed E-state index contributed by atoms with van der Waals surface area (Å²) in [4.78, 5) is 23.3. The molecular formula is C18H21N3O4. The van der Waals surface area contributed by atoms with Gasteiger partial charge in [-0.15, -0.1) is 0 Å². The predicted molar refractivity (Wildman–Crippen MR) is 94.6 cm³/mol. The van der Waals surface area contributed by atoms with Crippen LogP contribution in [-0.4, -0.2) is 31.6 Å². The first-order chi connectivity index (χ1) is 12.0. The van der Waals surface area contributed by atoms with Gasteiger partial charge in [-0.3, -0.25) is 9.59 Å². The number of amides is 2.